The Morgan fingerprint density at radius 2 is 2.03 bits per heavy atom. The van der Waals surface area contributed by atoms with E-state index in [9.17, 15) is 19.5 Å². The summed E-state index contributed by atoms with van der Waals surface area (Å²) in [5.41, 5.74) is 1.30. The van der Waals surface area contributed by atoms with E-state index in [1.807, 2.05) is 4.90 Å². The molecule has 7 nitrogen and oxygen atoms in total. The Kier molecular flexibility index (Phi) is 6.95. The molecule has 1 heterocycles. The molecule has 2 N–H and O–H groups in total. The highest BCUT2D eigenvalue weighted by Crippen LogP contribution is 2.29. The lowest BCUT2D eigenvalue weighted by atomic mass is 9.96. The molecular formula is C22H23ClN2O5. The third-order valence-electron chi connectivity index (χ3n) is 4.95. The number of nitrogens with one attached hydrogen (secondary N) is 1. The Bertz CT molecular complexity index is 962. The number of halogens is 1. The minimum atomic E-state index is -1.11. The van der Waals surface area contributed by atoms with E-state index in [4.69, 9.17) is 16.3 Å². The number of aromatic carboxylic acids is 1. The zero-order valence-electron chi connectivity index (χ0n) is 16.6. The molecule has 8 heteroatoms. The minimum Gasteiger partial charge on any atom is -0.478 e. The number of benzene rings is 2. The number of amides is 1. The fourth-order valence-electron chi connectivity index (χ4n) is 3.54. The maximum Gasteiger partial charge on any atom is 0.337 e. The molecule has 0 saturated carbocycles. The molecule has 30 heavy (non-hydrogen) atoms. The molecule has 0 bridgehead atoms. The SMILES string of the molecule is CCOC(=O)[C@H]1CCCN(c2ccc(NC(=O)c3cccc(Cl)c3)cc2C(=O)O)C1. The Morgan fingerprint density at radius 3 is 2.73 bits per heavy atom. The van der Waals surface area contributed by atoms with Crippen molar-refractivity contribution in [2.24, 2.45) is 5.92 Å². The number of hydrogen-bond donors (Lipinski definition) is 2. The summed E-state index contributed by atoms with van der Waals surface area (Å²) in [5, 5.41) is 12.9. The molecule has 1 saturated heterocycles. The topological polar surface area (TPSA) is 95.9 Å². The summed E-state index contributed by atoms with van der Waals surface area (Å²) in [5.74, 6) is -2.05. The van der Waals surface area contributed by atoms with Gasteiger partial charge in [-0.25, -0.2) is 4.79 Å². The molecule has 1 atom stereocenters. The summed E-state index contributed by atoms with van der Waals surface area (Å²) in [6.07, 6.45) is 1.47. The first-order valence-electron chi connectivity index (χ1n) is 9.75. The molecule has 0 spiro atoms. The van der Waals surface area contributed by atoms with Crippen LogP contribution in [0.15, 0.2) is 42.5 Å². The molecule has 0 aliphatic carbocycles. The highest BCUT2D eigenvalue weighted by Gasteiger charge is 2.29. The molecule has 1 amide bonds. The third kappa shape index (κ3) is 5.10. The number of carboxylic acid groups (broad SMARTS) is 1. The first-order valence-corrected chi connectivity index (χ1v) is 10.1. The molecule has 2 aromatic rings. The molecule has 2 aromatic carbocycles. The fourth-order valence-corrected chi connectivity index (χ4v) is 3.73. The number of carboxylic acids is 1. The molecule has 1 fully saturated rings. The Balaban J connectivity index is 1.81. The summed E-state index contributed by atoms with van der Waals surface area (Å²) in [4.78, 5) is 38.3. The monoisotopic (exact) mass is 430 g/mol. The lowest BCUT2D eigenvalue weighted by Crippen LogP contribution is -2.40. The number of ether oxygens (including phenoxy) is 1. The van der Waals surface area contributed by atoms with Crippen LogP contribution in [0, 0.1) is 5.92 Å². The highest BCUT2D eigenvalue weighted by atomic mass is 35.5. The first kappa shape index (κ1) is 21.6. The van der Waals surface area contributed by atoms with Gasteiger partial charge in [-0.3, -0.25) is 9.59 Å². The number of piperidine rings is 1. The first-order chi connectivity index (χ1) is 14.4. The van der Waals surface area contributed by atoms with Crippen molar-refractivity contribution in [1.82, 2.24) is 0 Å². The maximum absolute atomic E-state index is 12.4. The third-order valence-corrected chi connectivity index (χ3v) is 5.19. The van der Waals surface area contributed by atoms with Crippen molar-refractivity contribution < 1.29 is 24.2 Å². The van der Waals surface area contributed by atoms with E-state index in [1.54, 1.807) is 37.3 Å². The number of esters is 1. The summed E-state index contributed by atoms with van der Waals surface area (Å²) in [6, 6.07) is 11.2. The Labute approximate surface area is 179 Å². The van der Waals surface area contributed by atoms with Gasteiger partial charge in [0.05, 0.1) is 23.8 Å². The molecule has 1 aliphatic rings. The molecular weight excluding hydrogens is 408 g/mol. The van der Waals surface area contributed by atoms with Crippen LogP contribution in [0.1, 0.15) is 40.5 Å². The average Bonchev–Trinajstić information content (AvgIpc) is 2.74. The zero-order valence-corrected chi connectivity index (χ0v) is 17.3. The number of nitrogens with zero attached hydrogens (tertiary/aromatic N) is 1. The highest BCUT2D eigenvalue weighted by molar-refractivity contribution is 6.31. The molecule has 158 valence electrons. The van der Waals surface area contributed by atoms with Gasteiger partial charge in [-0.1, -0.05) is 17.7 Å². The number of anilines is 2. The van der Waals surface area contributed by atoms with Gasteiger partial charge in [0.15, 0.2) is 0 Å². The van der Waals surface area contributed by atoms with Crippen molar-refractivity contribution in [1.29, 1.82) is 0 Å². The smallest absolute Gasteiger partial charge is 0.337 e. The number of hydrogen-bond acceptors (Lipinski definition) is 5. The molecule has 0 unspecified atom stereocenters. The van der Waals surface area contributed by atoms with Crippen molar-refractivity contribution in [2.75, 3.05) is 29.9 Å². The van der Waals surface area contributed by atoms with Gasteiger partial charge in [0.1, 0.15) is 0 Å². The second-order valence-corrected chi connectivity index (χ2v) is 7.48. The Morgan fingerprint density at radius 1 is 1.23 bits per heavy atom. The van der Waals surface area contributed by atoms with Gasteiger partial charge in [-0.2, -0.15) is 0 Å². The van der Waals surface area contributed by atoms with E-state index < -0.39 is 5.97 Å². The summed E-state index contributed by atoms with van der Waals surface area (Å²) in [7, 11) is 0. The van der Waals surface area contributed by atoms with E-state index in [0.717, 1.165) is 6.42 Å². The van der Waals surface area contributed by atoms with E-state index in [1.165, 1.54) is 12.1 Å². The van der Waals surface area contributed by atoms with Crippen molar-refractivity contribution in [2.45, 2.75) is 19.8 Å². The summed E-state index contributed by atoms with van der Waals surface area (Å²) < 4.78 is 5.12. The van der Waals surface area contributed by atoms with Crippen LogP contribution in [0.2, 0.25) is 5.02 Å². The van der Waals surface area contributed by atoms with E-state index in [2.05, 4.69) is 5.32 Å². The van der Waals surface area contributed by atoms with Crippen LogP contribution < -0.4 is 10.2 Å². The van der Waals surface area contributed by atoms with Gasteiger partial charge in [0, 0.05) is 29.4 Å². The Hall–Kier alpha value is -3.06. The van der Waals surface area contributed by atoms with Crippen LogP contribution in [-0.2, 0) is 9.53 Å². The van der Waals surface area contributed by atoms with Gasteiger partial charge < -0.3 is 20.1 Å². The van der Waals surface area contributed by atoms with Gasteiger partial charge in [-0.15, -0.1) is 0 Å². The average molecular weight is 431 g/mol. The quantitative estimate of drug-likeness (QED) is 0.670. The van der Waals surface area contributed by atoms with Crippen LogP contribution in [0.3, 0.4) is 0 Å². The predicted octanol–water partition coefficient (Wildman–Crippen LogP) is 4.07. The van der Waals surface area contributed by atoms with E-state index in [-0.39, 0.29) is 23.4 Å². The molecule has 0 aromatic heterocycles. The largest absolute Gasteiger partial charge is 0.478 e. The van der Waals surface area contributed by atoms with Gasteiger partial charge in [-0.05, 0) is 56.2 Å². The van der Waals surface area contributed by atoms with Crippen LogP contribution in [0.5, 0.6) is 0 Å². The van der Waals surface area contributed by atoms with Crippen LogP contribution in [0.4, 0.5) is 11.4 Å². The van der Waals surface area contributed by atoms with Crippen molar-refractivity contribution in [3.8, 4) is 0 Å². The number of rotatable bonds is 6. The number of carbonyl (C=O) groups excluding carboxylic acids is 2. The lowest BCUT2D eigenvalue weighted by molar-refractivity contribution is -0.148. The van der Waals surface area contributed by atoms with Gasteiger partial charge in [0.2, 0.25) is 0 Å². The van der Waals surface area contributed by atoms with Crippen LogP contribution >= 0.6 is 11.6 Å². The fraction of sp³-hybridized carbons (Fsp3) is 0.318. The van der Waals surface area contributed by atoms with E-state index in [0.29, 0.717) is 48.1 Å². The second-order valence-electron chi connectivity index (χ2n) is 7.04. The minimum absolute atomic E-state index is 0.0587. The number of carbonyl (C=O) groups is 3. The molecule has 0 radical (unpaired) electrons. The predicted molar refractivity (Wildman–Crippen MR) is 114 cm³/mol. The molecule has 1 aliphatic heterocycles. The van der Waals surface area contributed by atoms with Crippen LogP contribution in [-0.4, -0.2) is 42.6 Å². The van der Waals surface area contributed by atoms with Crippen molar-refractivity contribution in [3.63, 3.8) is 0 Å². The second kappa shape index (κ2) is 9.63. The van der Waals surface area contributed by atoms with Crippen molar-refractivity contribution in [3.05, 3.63) is 58.6 Å². The van der Waals surface area contributed by atoms with Crippen LogP contribution in [0.25, 0.3) is 0 Å². The lowest BCUT2D eigenvalue weighted by Gasteiger charge is -2.34. The van der Waals surface area contributed by atoms with Gasteiger partial charge in [0.25, 0.3) is 5.91 Å². The zero-order chi connectivity index (χ0) is 21.7. The normalized spacial score (nSPS) is 16.1. The van der Waals surface area contributed by atoms with Crippen molar-refractivity contribution >= 4 is 40.8 Å². The maximum atomic E-state index is 12.4. The summed E-state index contributed by atoms with van der Waals surface area (Å²) >= 11 is 5.92. The molecule has 3 rings (SSSR count). The van der Waals surface area contributed by atoms with E-state index >= 15 is 0 Å². The summed E-state index contributed by atoms with van der Waals surface area (Å²) in [6.45, 7) is 3.12. The van der Waals surface area contributed by atoms with Gasteiger partial charge >= 0.3 is 11.9 Å². The standard InChI is InChI=1S/C22H23ClN2O5/c1-2-30-22(29)15-6-4-10-25(13-15)19-9-8-17(12-18(19)21(27)28)24-20(26)14-5-3-7-16(23)11-14/h3,5,7-9,11-12,15H,2,4,6,10,13H2,1H3,(H,24,26)(H,27,28)/t15-/m0/s1.